The van der Waals surface area contributed by atoms with Gasteiger partial charge in [0.15, 0.2) is 0 Å². The molecule has 6 heteroatoms. The first kappa shape index (κ1) is 30.0. The van der Waals surface area contributed by atoms with Crippen LogP contribution in [0.15, 0.2) is 66.7 Å². The summed E-state index contributed by atoms with van der Waals surface area (Å²) in [4.78, 5) is 27.2. The van der Waals surface area contributed by atoms with E-state index in [0.29, 0.717) is 25.8 Å². The number of hydrogen-bond acceptors (Lipinski definition) is 4. The Balaban J connectivity index is 1.35. The summed E-state index contributed by atoms with van der Waals surface area (Å²) in [6.07, 6.45) is 6.01. The molecule has 5 rings (SSSR count). The Kier molecular flexibility index (Phi) is 10.1. The lowest BCUT2D eigenvalue weighted by molar-refractivity contribution is -0.127. The van der Waals surface area contributed by atoms with Crippen molar-refractivity contribution in [1.82, 2.24) is 10.6 Å². The van der Waals surface area contributed by atoms with Crippen LogP contribution in [0.2, 0.25) is 0 Å². The first-order chi connectivity index (χ1) is 20.4. The summed E-state index contributed by atoms with van der Waals surface area (Å²) < 4.78 is 0. The number of carbonyl (C=O) groups is 2. The van der Waals surface area contributed by atoms with E-state index in [1.54, 1.807) is 0 Å². The number of carbonyl (C=O) groups excluding carboxylic acids is 2. The predicted molar refractivity (Wildman–Crippen MR) is 165 cm³/mol. The van der Waals surface area contributed by atoms with Crippen LogP contribution in [-0.2, 0) is 36.9 Å². The number of aliphatic hydroxyl groups excluding tert-OH is 2. The lowest BCUT2D eigenvalue weighted by Gasteiger charge is -2.26. The highest BCUT2D eigenvalue weighted by atomic mass is 16.3. The summed E-state index contributed by atoms with van der Waals surface area (Å²) in [5.74, 6) is -0.736. The second-order valence-corrected chi connectivity index (χ2v) is 12.0. The maximum Gasteiger partial charge on any atom is 0.251 e. The second-order valence-electron chi connectivity index (χ2n) is 12.0. The fraction of sp³-hybridized carbons (Fsp3) is 0.444. The topological polar surface area (TPSA) is 98.7 Å². The average Bonchev–Trinajstić information content (AvgIpc) is 3.31. The van der Waals surface area contributed by atoms with Crippen molar-refractivity contribution in [2.45, 2.75) is 89.4 Å². The Morgan fingerprint density at radius 2 is 1.69 bits per heavy atom. The van der Waals surface area contributed by atoms with Gasteiger partial charge >= 0.3 is 0 Å². The molecule has 0 aromatic heterocycles. The summed E-state index contributed by atoms with van der Waals surface area (Å²) in [6.45, 7) is 2.74. The minimum Gasteiger partial charge on any atom is -0.393 e. The zero-order chi connectivity index (χ0) is 29.5. The fourth-order valence-electron chi connectivity index (χ4n) is 6.66. The molecule has 0 unspecified atom stereocenters. The number of fused-ring (bicyclic) bond motifs is 2. The van der Waals surface area contributed by atoms with Crippen LogP contribution in [-0.4, -0.2) is 40.8 Å². The van der Waals surface area contributed by atoms with Gasteiger partial charge in [0.2, 0.25) is 5.91 Å². The first-order valence-corrected chi connectivity index (χ1v) is 15.6. The van der Waals surface area contributed by atoms with Gasteiger partial charge in [0.05, 0.1) is 18.2 Å². The molecular weight excluding hydrogens is 524 g/mol. The third kappa shape index (κ3) is 7.11. The van der Waals surface area contributed by atoms with Crippen molar-refractivity contribution in [2.24, 2.45) is 5.92 Å². The van der Waals surface area contributed by atoms with Gasteiger partial charge in [-0.15, -0.1) is 0 Å². The van der Waals surface area contributed by atoms with E-state index in [4.69, 9.17) is 0 Å². The minimum atomic E-state index is -0.811. The Labute approximate surface area is 249 Å². The molecule has 0 bridgehead atoms. The average molecular weight is 569 g/mol. The number of aryl methyl sites for hydroxylation is 1. The normalized spacial score (nSPS) is 18.9. The molecule has 0 heterocycles. The van der Waals surface area contributed by atoms with E-state index in [1.807, 2.05) is 60.7 Å². The summed E-state index contributed by atoms with van der Waals surface area (Å²) >= 11 is 0. The molecule has 42 heavy (non-hydrogen) atoms. The van der Waals surface area contributed by atoms with Gasteiger partial charge in [-0.05, 0) is 84.7 Å². The van der Waals surface area contributed by atoms with E-state index in [1.165, 1.54) is 5.56 Å². The number of amides is 2. The van der Waals surface area contributed by atoms with Gasteiger partial charge < -0.3 is 20.8 Å². The lowest BCUT2D eigenvalue weighted by atomic mass is 9.83. The van der Waals surface area contributed by atoms with Gasteiger partial charge in [-0.1, -0.05) is 80.1 Å². The molecule has 6 nitrogen and oxygen atoms in total. The Bertz CT molecular complexity index is 1370. The van der Waals surface area contributed by atoms with Crippen molar-refractivity contribution in [3.63, 3.8) is 0 Å². The van der Waals surface area contributed by atoms with Gasteiger partial charge in [0, 0.05) is 24.4 Å². The maximum atomic E-state index is 13.8. The van der Waals surface area contributed by atoms with E-state index in [2.05, 4.69) is 23.6 Å². The van der Waals surface area contributed by atoms with E-state index in [9.17, 15) is 19.8 Å². The molecule has 0 radical (unpaired) electrons. The van der Waals surface area contributed by atoms with Gasteiger partial charge in [-0.3, -0.25) is 9.59 Å². The Hall–Kier alpha value is -3.48. The molecule has 0 saturated carbocycles. The largest absolute Gasteiger partial charge is 0.393 e. The molecule has 0 aliphatic heterocycles. The number of unbranched alkanes of at least 4 members (excludes halogenated alkanes) is 1. The molecule has 4 atom stereocenters. The Morgan fingerprint density at radius 3 is 2.50 bits per heavy atom. The SMILES string of the molecule is CCCCNC(=O)c1c(C[C@H](O)C[C@@H](Cc2ccccc2)C(=O)N[C@H]2c3ccccc3C[C@H]2O)ccc2c1CCCC2. The lowest BCUT2D eigenvalue weighted by Crippen LogP contribution is -2.40. The van der Waals surface area contributed by atoms with E-state index >= 15 is 0 Å². The van der Waals surface area contributed by atoms with Crippen LogP contribution in [0.25, 0.3) is 0 Å². The van der Waals surface area contributed by atoms with Crippen molar-refractivity contribution in [3.8, 4) is 0 Å². The molecule has 222 valence electrons. The quantitative estimate of drug-likeness (QED) is 0.231. The van der Waals surface area contributed by atoms with Crippen molar-refractivity contribution >= 4 is 11.8 Å². The van der Waals surface area contributed by atoms with Gasteiger partial charge in [0.1, 0.15) is 0 Å². The molecule has 3 aromatic rings. The molecule has 0 spiro atoms. The molecule has 2 amide bonds. The highest BCUT2D eigenvalue weighted by Crippen LogP contribution is 2.32. The van der Waals surface area contributed by atoms with Crippen molar-refractivity contribution in [3.05, 3.63) is 106 Å². The van der Waals surface area contributed by atoms with Crippen LogP contribution in [0.4, 0.5) is 0 Å². The minimum absolute atomic E-state index is 0.0585. The van der Waals surface area contributed by atoms with Crippen LogP contribution in [0.3, 0.4) is 0 Å². The zero-order valence-corrected chi connectivity index (χ0v) is 24.6. The monoisotopic (exact) mass is 568 g/mol. The fourth-order valence-corrected chi connectivity index (χ4v) is 6.66. The van der Waals surface area contributed by atoms with Crippen molar-refractivity contribution in [1.29, 1.82) is 0 Å². The standard InChI is InChI=1S/C36H44N2O4/c1-2-3-19-37-36(42)33-27(18-17-25-13-7-9-15-30(25)33)21-29(39)22-28(20-24-11-5-4-6-12-24)35(41)38-34-31-16-10-8-14-26(31)23-32(34)40/h4-6,8,10-12,14,16-18,28-29,32,34,39-40H,2-3,7,9,13,15,19-23H2,1H3,(H,37,42)(H,38,41)/t28-,29+,32-,34+/m1/s1. The Morgan fingerprint density at radius 1 is 0.929 bits per heavy atom. The third-order valence-corrected chi connectivity index (χ3v) is 8.87. The predicted octanol–water partition coefficient (Wildman–Crippen LogP) is 5.02. The summed E-state index contributed by atoms with van der Waals surface area (Å²) in [7, 11) is 0. The highest BCUT2D eigenvalue weighted by molar-refractivity contribution is 5.97. The van der Waals surface area contributed by atoms with Crippen LogP contribution in [0.1, 0.15) is 88.8 Å². The highest BCUT2D eigenvalue weighted by Gasteiger charge is 2.34. The molecule has 2 aliphatic carbocycles. The van der Waals surface area contributed by atoms with Gasteiger partial charge in [-0.25, -0.2) is 0 Å². The molecule has 3 aromatic carbocycles. The van der Waals surface area contributed by atoms with E-state index < -0.39 is 24.2 Å². The number of nitrogens with one attached hydrogen (secondary N) is 2. The van der Waals surface area contributed by atoms with E-state index in [-0.39, 0.29) is 18.2 Å². The van der Waals surface area contributed by atoms with Crippen molar-refractivity contribution in [2.75, 3.05) is 6.54 Å². The summed E-state index contributed by atoms with van der Waals surface area (Å²) in [6, 6.07) is 21.3. The number of aliphatic hydroxyl groups is 2. The molecule has 2 aliphatic rings. The second kappa shape index (κ2) is 14.1. The van der Waals surface area contributed by atoms with Crippen molar-refractivity contribution < 1.29 is 19.8 Å². The zero-order valence-electron chi connectivity index (χ0n) is 24.6. The van der Waals surface area contributed by atoms with Gasteiger partial charge in [-0.2, -0.15) is 0 Å². The summed E-state index contributed by atoms with van der Waals surface area (Å²) in [5.41, 5.74) is 6.93. The molecular formula is C36H44N2O4. The first-order valence-electron chi connectivity index (χ1n) is 15.6. The molecule has 0 saturated heterocycles. The van der Waals surface area contributed by atoms with Gasteiger partial charge in [0.25, 0.3) is 5.91 Å². The van der Waals surface area contributed by atoms with Crippen LogP contribution < -0.4 is 10.6 Å². The number of rotatable bonds is 12. The third-order valence-electron chi connectivity index (χ3n) is 8.87. The summed E-state index contributed by atoms with van der Waals surface area (Å²) in [5, 5.41) is 28.4. The van der Waals surface area contributed by atoms with Crippen LogP contribution >= 0.6 is 0 Å². The maximum absolute atomic E-state index is 13.8. The number of benzene rings is 3. The molecule has 0 fully saturated rings. The van der Waals surface area contributed by atoms with Crippen LogP contribution in [0.5, 0.6) is 0 Å². The molecule has 4 N–H and O–H groups in total. The number of hydrogen-bond donors (Lipinski definition) is 4. The van der Waals surface area contributed by atoms with Crippen LogP contribution in [0, 0.1) is 5.92 Å². The van der Waals surface area contributed by atoms with E-state index in [0.717, 1.165) is 71.9 Å². The smallest absolute Gasteiger partial charge is 0.251 e.